The second-order valence-electron chi connectivity index (χ2n) is 5.42. The molecule has 2 N–H and O–H groups in total. The summed E-state index contributed by atoms with van der Waals surface area (Å²) in [5.41, 5.74) is 6.01. The molecule has 0 radical (unpaired) electrons. The fourth-order valence-corrected chi connectivity index (χ4v) is 3.49. The highest BCUT2D eigenvalue weighted by Crippen LogP contribution is 2.31. The first-order chi connectivity index (χ1) is 10.2. The third-order valence-electron chi connectivity index (χ3n) is 3.73. The molecule has 2 unspecified atom stereocenters. The molecule has 1 aromatic carbocycles. The molecule has 2 atom stereocenters. The number of hydrogen-bond donors (Lipinski definition) is 1. The molecule has 3 rings (SSSR count). The Morgan fingerprint density at radius 2 is 2.10 bits per heavy atom. The largest absolute Gasteiger partial charge is 0.339 e. The van der Waals surface area contributed by atoms with E-state index in [2.05, 4.69) is 10.1 Å². The van der Waals surface area contributed by atoms with Gasteiger partial charge in [-0.25, -0.2) is 0 Å². The number of nitrogens with zero attached hydrogens (tertiary/aromatic N) is 2. The van der Waals surface area contributed by atoms with Crippen LogP contribution in [0.3, 0.4) is 0 Å². The molecule has 1 heterocycles. The third kappa shape index (κ3) is 3.99. The maximum Gasteiger partial charge on any atom is 0.229 e. The van der Waals surface area contributed by atoms with Gasteiger partial charge in [0.25, 0.3) is 0 Å². The molecule has 0 bridgehead atoms. The molecular formula is C15H18ClN3OS. The molecule has 1 fully saturated rings. The van der Waals surface area contributed by atoms with E-state index in [1.165, 1.54) is 0 Å². The van der Waals surface area contributed by atoms with Crippen LogP contribution in [0.2, 0.25) is 5.02 Å². The number of halogens is 1. The summed E-state index contributed by atoms with van der Waals surface area (Å²) in [5, 5.41) is 4.82. The minimum absolute atomic E-state index is 0.266. The topological polar surface area (TPSA) is 64.9 Å². The average Bonchev–Trinajstić information content (AvgIpc) is 2.96. The van der Waals surface area contributed by atoms with Crippen LogP contribution in [0.4, 0.5) is 0 Å². The van der Waals surface area contributed by atoms with Crippen molar-refractivity contribution in [1.29, 1.82) is 0 Å². The SMILES string of the molecule is NC1CCCC(c2nc(CSc3ccc(Cl)cc3)no2)C1. The summed E-state index contributed by atoms with van der Waals surface area (Å²) in [6, 6.07) is 8.02. The highest BCUT2D eigenvalue weighted by molar-refractivity contribution is 7.98. The lowest BCUT2D eigenvalue weighted by molar-refractivity contribution is 0.297. The first kappa shape index (κ1) is 14.9. The smallest absolute Gasteiger partial charge is 0.229 e. The van der Waals surface area contributed by atoms with Crippen molar-refractivity contribution in [2.24, 2.45) is 5.73 Å². The minimum Gasteiger partial charge on any atom is -0.339 e. The van der Waals surface area contributed by atoms with Gasteiger partial charge in [-0.2, -0.15) is 4.98 Å². The van der Waals surface area contributed by atoms with Crippen molar-refractivity contribution in [1.82, 2.24) is 10.1 Å². The molecule has 2 aromatic rings. The zero-order chi connectivity index (χ0) is 14.7. The summed E-state index contributed by atoms with van der Waals surface area (Å²) >= 11 is 7.55. The quantitative estimate of drug-likeness (QED) is 0.861. The average molecular weight is 324 g/mol. The Kier molecular flexibility index (Phi) is 4.83. The number of hydrogen-bond acceptors (Lipinski definition) is 5. The highest BCUT2D eigenvalue weighted by atomic mass is 35.5. The van der Waals surface area contributed by atoms with E-state index in [0.29, 0.717) is 11.7 Å². The molecule has 0 aliphatic heterocycles. The van der Waals surface area contributed by atoms with Crippen LogP contribution in [0.15, 0.2) is 33.7 Å². The predicted octanol–water partition coefficient (Wildman–Crippen LogP) is 4.00. The van der Waals surface area contributed by atoms with Gasteiger partial charge in [-0.05, 0) is 43.5 Å². The van der Waals surface area contributed by atoms with Crippen LogP contribution in [0.1, 0.15) is 43.3 Å². The van der Waals surface area contributed by atoms with Gasteiger partial charge in [-0.3, -0.25) is 0 Å². The van der Waals surface area contributed by atoms with Crippen LogP contribution in [0, 0.1) is 0 Å². The van der Waals surface area contributed by atoms with Gasteiger partial charge in [0.15, 0.2) is 5.82 Å². The number of aromatic nitrogens is 2. The number of benzene rings is 1. The van der Waals surface area contributed by atoms with Crippen molar-refractivity contribution in [2.45, 2.75) is 48.3 Å². The van der Waals surface area contributed by atoms with Crippen LogP contribution in [0.25, 0.3) is 0 Å². The van der Waals surface area contributed by atoms with Crippen LogP contribution < -0.4 is 5.73 Å². The van der Waals surface area contributed by atoms with Crippen molar-refractivity contribution in [2.75, 3.05) is 0 Å². The van der Waals surface area contributed by atoms with E-state index in [9.17, 15) is 0 Å². The van der Waals surface area contributed by atoms with E-state index >= 15 is 0 Å². The van der Waals surface area contributed by atoms with Gasteiger partial charge < -0.3 is 10.3 Å². The van der Waals surface area contributed by atoms with E-state index < -0.39 is 0 Å². The molecule has 1 aliphatic carbocycles. The minimum atomic E-state index is 0.266. The molecule has 0 spiro atoms. The Labute approximate surface area is 133 Å². The zero-order valence-corrected chi connectivity index (χ0v) is 13.2. The normalized spacial score (nSPS) is 22.4. The van der Waals surface area contributed by atoms with Crippen LogP contribution in [0.5, 0.6) is 0 Å². The van der Waals surface area contributed by atoms with Crippen molar-refractivity contribution in [3.05, 3.63) is 41.0 Å². The first-order valence-electron chi connectivity index (χ1n) is 7.17. The van der Waals surface area contributed by atoms with Gasteiger partial charge >= 0.3 is 0 Å². The van der Waals surface area contributed by atoms with Gasteiger partial charge in [-0.1, -0.05) is 23.2 Å². The Bertz CT molecular complexity index is 587. The van der Waals surface area contributed by atoms with Crippen LogP contribution >= 0.6 is 23.4 Å². The maximum absolute atomic E-state index is 6.01. The molecule has 1 saturated carbocycles. The summed E-state index contributed by atoms with van der Waals surface area (Å²) in [4.78, 5) is 5.66. The van der Waals surface area contributed by atoms with Crippen molar-refractivity contribution in [3.8, 4) is 0 Å². The molecule has 112 valence electrons. The highest BCUT2D eigenvalue weighted by Gasteiger charge is 2.25. The second kappa shape index (κ2) is 6.81. The summed E-state index contributed by atoms with van der Waals surface area (Å²) in [7, 11) is 0. The van der Waals surface area contributed by atoms with Crippen LogP contribution in [-0.4, -0.2) is 16.2 Å². The van der Waals surface area contributed by atoms with Gasteiger partial charge in [0.2, 0.25) is 5.89 Å². The summed E-state index contributed by atoms with van der Waals surface area (Å²) in [6.07, 6.45) is 4.29. The molecule has 6 heteroatoms. The van der Waals surface area contributed by atoms with Crippen LogP contribution in [-0.2, 0) is 5.75 Å². The molecule has 1 aliphatic rings. The Morgan fingerprint density at radius 1 is 1.29 bits per heavy atom. The predicted molar refractivity (Wildman–Crippen MR) is 84.5 cm³/mol. The Balaban J connectivity index is 1.58. The standard InChI is InChI=1S/C15H18ClN3OS/c16-11-4-6-13(7-5-11)21-9-14-18-15(20-19-14)10-2-1-3-12(17)8-10/h4-7,10,12H,1-3,8-9,17H2. The molecule has 0 amide bonds. The van der Waals surface area contributed by atoms with E-state index in [0.717, 1.165) is 47.3 Å². The van der Waals surface area contributed by atoms with Gasteiger partial charge in [-0.15, -0.1) is 11.8 Å². The monoisotopic (exact) mass is 323 g/mol. The first-order valence-corrected chi connectivity index (χ1v) is 8.53. The molecule has 0 saturated heterocycles. The number of thioether (sulfide) groups is 1. The van der Waals surface area contributed by atoms with E-state index in [4.69, 9.17) is 21.9 Å². The van der Waals surface area contributed by atoms with Gasteiger partial charge in [0.1, 0.15) is 0 Å². The summed E-state index contributed by atoms with van der Waals surface area (Å²) in [5.74, 6) is 2.51. The summed E-state index contributed by atoms with van der Waals surface area (Å²) in [6.45, 7) is 0. The lowest BCUT2D eigenvalue weighted by Crippen LogP contribution is -2.26. The lowest BCUT2D eigenvalue weighted by Gasteiger charge is -2.23. The Morgan fingerprint density at radius 3 is 2.86 bits per heavy atom. The molecule has 21 heavy (non-hydrogen) atoms. The van der Waals surface area contributed by atoms with Crippen molar-refractivity contribution < 1.29 is 4.52 Å². The number of rotatable bonds is 4. The van der Waals surface area contributed by atoms with Gasteiger partial charge in [0, 0.05) is 21.9 Å². The number of nitrogens with two attached hydrogens (primary N) is 1. The molecule has 1 aromatic heterocycles. The third-order valence-corrected chi connectivity index (χ3v) is 4.99. The maximum atomic E-state index is 6.01. The molecular weight excluding hydrogens is 306 g/mol. The van der Waals surface area contributed by atoms with E-state index in [1.54, 1.807) is 11.8 Å². The Hall–Kier alpha value is -1.04. The van der Waals surface area contributed by atoms with Crippen molar-refractivity contribution in [3.63, 3.8) is 0 Å². The second-order valence-corrected chi connectivity index (χ2v) is 6.90. The van der Waals surface area contributed by atoms with Gasteiger partial charge in [0.05, 0.1) is 5.75 Å². The zero-order valence-electron chi connectivity index (χ0n) is 11.7. The van der Waals surface area contributed by atoms with E-state index in [-0.39, 0.29) is 6.04 Å². The van der Waals surface area contributed by atoms with Crippen molar-refractivity contribution >= 4 is 23.4 Å². The fraction of sp³-hybridized carbons (Fsp3) is 0.467. The molecule has 4 nitrogen and oxygen atoms in total. The fourth-order valence-electron chi connectivity index (χ4n) is 2.62. The summed E-state index contributed by atoms with van der Waals surface area (Å²) < 4.78 is 5.41. The lowest BCUT2D eigenvalue weighted by atomic mass is 9.86. The van der Waals surface area contributed by atoms with E-state index in [1.807, 2.05) is 24.3 Å².